The summed E-state index contributed by atoms with van der Waals surface area (Å²) < 4.78 is 0. The van der Waals surface area contributed by atoms with Gasteiger partial charge in [0.05, 0.1) is 23.1 Å². The van der Waals surface area contributed by atoms with Gasteiger partial charge < -0.3 is 10.6 Å². The van der Waals surface area contributed by atoms with Crippen LogP contribution in [0.25, 0.3) is 10.9 Å². The highest BCUT2D eigenvalue weighted by atomic mass is 15.1. The van der Waals surface area contributed by atoms with Crippen LogP contribution in [0.3, 0.4) is 0 Å². The standard InChI is InChI=1S/C13H20N4/c1-4-10(5-2)17(3)13-7-12-9(6-11(13)14)8-15-16-12/h6-8,10H,4-5,14H2,1-3H3,(H,15,16). The molecule has 0 radical (unpaired) electrons. The van der Waals surface area contributed by atoms with Crippen LogP contribution in [0.2, 0.25) is 0 Å². The van der Waals surface area contributed by atoms with Gasteiger partial charge in [-0.25, -0.2) is 0 Å². The van der Waals surface area contributed by atoms with Crippen molar-refractivity contribution in [2.75, 3.05) is 17.7 Å². The average molecular weight is 232 g/mol. The fourth-order valence-electron chi connectivity index (χ4n) is 2.34. The lowest BCUT2D eigenvalue weighted by Crippen LogP contribution is -2.30. The number of fused-ring (bicyclic) bond motifs is 1. The van der Waals surface area contributed by atoms with Crippen molar-refractivity contribution in [3.05, 3.63) is 18.3 Å². The molecule has 2 aromatic rings. The van der Waals surface area contributed by atoms with Crippen molar-refractivity contribution in [1.29, 1.82) is 0 Å². The summed E-state index contributed by atoms with van der Waals surface area (Å²) in [6.07, 6.45) is 4.04. The van der Waals surface area contributed by atoms with E-state index in [1.807, 2.05) is 6.07 Å². The van der Waals surface area contributed by atoms with E-state index in [0.29, 0.717) is 6.04 Å². The van der Waals surface area contributed by atoms with Crippen molar-refractivity contribution < 1.29 is 0 Å². The van der Waals surface area contributed by atoms with E-state index in [2.05, 4.69) is 42.1 Å². The number of nitrogens with zero attached hydrogens (tertiary/aromatic N) is 2. The van der Waals surface area contributed by atoms with E-state index in [9.17, 15) is 0 Å². The van der Waals surface area contributed by atoms with Crippen LogP contribution in [-0.4, -0.2) is 23.3 Å². The summed E-state index contributed by atoms with van der Waals surface area (Å²) in [5, 5.41) is 8.07. The number of H-pyrrole nitrogens is 1. The molecular formula is C13H20N4. The maximum atomic E-state index is 6.11. The molecule has 4 heteroatoms. The van der Waals surface area contributed by atoms with Crippen LogP contribution in [0, 0.1) is 0 Å². The molecule has 2 rings (SSSR count). The molecule has 4 nitrogen and oxygen atoms in total. The Labute approximate surface area is 102 Å². The minimum Gasteiger partial charge on any atom is -0.397 e. The van der Waals surface area contributed by atoms with Gasteiger partial charge in [0, 0.05) is 18.5 Å². The lowest BCUT2D eigenvalue weighted by atomic mass is 10.1. The molecule has 0 bridgehead atoms. The maximum absolute atomic E-state index is 6.11. The normalized spacial score (nSPS) is 11.3. The smallest absolute Gasteiger partial charge is 0.0672 e. The fraction of sp³-hybridized carbons (Fsp3) is 0.462. The fourth-order valence-corrected chi connectivity index (χ4v) is 2.34. The summed E-state index contributed by atoms with van der Waals surface area (Å²) >= 11 is 0. The van der Waals surface area contributed by atoms with Crippen LogP contribution in [-0.2, 0) is 0 Å². The van der Waals surface area contributed by atoms with Gasteiger partial charge in [-0.05, 0) is 25.0 Å². The third-order valence-electron chi connectivity index (χ3n) is 3.46. The van der Waals surface area contributed by atoms with Gasteiger partial charge >= 0.3 is 0 Å². The molecule has 0 spiro atoms. The van der Waals surface area contributed by atoms with Crippen molar-refractivity contribution in [3.8, 4) is 0 Å². The van der Waals surface area contributed by atoms with Gasteiger partial charge in [-0.15, -0.1) is 0 Å². The Hall–Kier alpha value is -1.71. The first kappa shape index (κ1) is 11.8. The number of nitrogens with two attached hydrogens (primary N) is 1. The summed E-state index contributed by atoms with van der Waals surface area (Å²) in [7, 11) is 2.10. The molecule has 0 amide bonds. The van der Waals surface area contributed by atoms with E-state index in [1.165, 1.54) is 0 Å². The van der Waals surface area contributed by atoms with Crippen molar-refractivity contribution in [2.24, 2.45) is 0 Å². The number of aromatic amines is 1. The second-order valence-electron chi connectivity index (χ2n) is 4.45. The monoisotopic (exact) mass is 232 g/mol. The Morgan fingerprint density at radius 2 is 2.06 bits per heavy atom. The summed E-state index contributed by atoms with van der Waals surface area (Å²) in [5.74, 6) is 0. The molecule has 0 atom stereocenters. The number of anilines is 2. The Morgan fingerprint density at radius 1 is 1.35 bits per heavy atom. The number of nitrogen functional groups attached to an aromatic ring is 1. The quantitative estimate of drug-likeness (QED) is 0.797. The van der Waals surface area contributed by atoms with E-state index in [4.69, 9.17) is 5.73 Å². The lowest BCUT2D eigenvalue weighted by Gasteiger charge is -2.29. The molecule has 0 unspecified atom stereocenters. The zero-order valence-electron chi connectivity index (χ0n) is 10.7. The molecule has 0 fully saturated rings. The molecule has 1 aromatic carbocycles. The molecule has 0 aliphatic heterocycles. The van der Waals surface area contributed by atoms with Gasteiger partial charge in [0.15, 0.2) is 0 Å². The van der Waals surface area contributed by atoms with Crippen molar-refractivity contribution in [2.45, 2.75) is 32.7 Å². The van der Waals surface area contributed by atoms with Gasteiger partial charge in [0.2, 0.25) is 0 Å². The highest BCUT2D eigenvalue weighted by Crippen LogP contribution is 2.29. The van der Waals surface area contributed by atoms with Crippen molar-refractivity contribution in [1.82, 2.24) is 10.2 Å². The topological polar surface area (TPSA) is 57.9 Å². The molecule has 3 N–H and O–H groups in total. The summed E-state index contributed by atoms with van der Waals surface area (Å²) in [6, 6.07) is 4.58. The second kappa shape index (κ2) is 4.65. The molecule has 1 aromatic heterocycles. The predicted octanol–water partition coefficient (Wildman–Crippen LogP) is 2.77. The molecule has 17 heavy (non-hydrogen) atoms. The molecule has 0 aliphatic carbocycles. The van der Waals surface area contributed by atoms with Crippen LogP contribution in [0.15, 0.2) is 18.3 Å². The molecule has 0 saturated carbocycles. The Morgan fingerprint density at radius 3 is 2.71 bits per heavy atom. The van der Waals surface area contributed by atoms with E-state index < -0.39 is 0 Å². The number of rotatable bonds is 4. The zero-order chi connectivity index (χ0) is 12.4. The van der Waals surface area contributed by atoms with Gasteiger partial charge in [0.1, 0.15) is 0 Å². The molecular weight excluding hydrogens is 212 g/mol. The van der Waals surface area contributed by atoms with Crippen molar-refractivity contribution >= 4 is 22.3 Å². The van der Waals surface area contributed by atoms with Gasteiger partial charge in [-0.1, -0.05) is 13.8 Å². The summed E-state index contributed by atoms with van der Waals surface area (Å²) in [6.45, 7) is 4.41. The number of hydrogen-bond donors (Lipinski definition) is 2. The minimum absolute atomic E-state index is 0.526. The molecule has 0 saturated heterocycles. The summed E-state index contributed by atoms with van der Waals surface area (Å²) in [4.78, 5) is 2.26. The zero-order valence-corrected chi connectivity index (χ0v) is 10.7. The third-order valence-corrected chi connectivity index (χ3v) is 3.46. The third kappa shape index (κ3) is 2.07. The first-order chi connectivity index (χ1) is 8.17. The van der Waals surface area contributed by atoms with Crippen LogP contribution in [0.5, 0.6) is 0 Å². The average Bonchev–Trinajstić information content (AvgIpc) is 2.76. The Bertz CT molecular complexity index is 499. The maximum Gasteiger partial charge on any atom is 0.0672 e. The SMILES string of the molecule is CCC(CC)N(C)c1cc2[nH]ncc2cc1N. The number of aromatic nitrogens is 2. The number of benzene rings is 1. The van der Waals surface area contributed by atoms with E-state index in [1.54, 1.807) is 6.20 Å². The van der Waals surface area contributed by atoms with Crippen molar-refractivity contribution in [3.63, 3.8) is 0 Å². The molecule has 92 valence electrons. The summed E-state index contributed by atoms with van der Waals surface area (Å²) in [5.41, 5.74) is 9.04. The Balaban J connectivity index is 2.42. The van der Waals surface area contributed by atoms with Gasteiger partial charge in [-0.3, -0.25) is 5.10 Å². The second-order valence-corrected chi connectivity index (χ2v) is 4.45. The van der Waals surface area contributed by atoms with Crippen LogP contribution in [0.1, 0.15) is 26.7 Å². The number of nitrogens with one attached hydrogen (secondary N) is 1. The molecule has 0 aliphatic rings. The van der Waals surface area contributed by atoms with Crippen LogP contribution in [0.4, 0.5) is 11.4 Å². The van der Waals surface area contributed by atoms with Crippen LogP contribution >= 0.6 is 0 Å². The van der Waals surface area contributed by atoms with Gasteiger partial charge in [-0.2, -0.15) is 5.10 Å². The predicted molar refractivity (Wildman–Crippen MR) is 73.3 cm³/mol. The number of hydrogen-bond acceptors (Lipinski definition) is 3. The molecule has 1 heterocycles. The highest BCUT2D eigenvalue weighted by molar-refractivity contribution is 5.88. The first-order valence-corrected chi connectivity index (χ1v) is 6.12. The largest absolute Gasteiger partial charge is 0.397 e. The minimum atomic E-state index is 0.526. The van der Waals surface area contributed by atoms with E-state index in [-0.39, 0.29) is 0 Å². The van der Waals surface area contributed by atoms with Crippen LogP contribution < -0.4 is 10.6 Å². The Kier molecular flexibility index (Phi) is 3.22. The first-order valence-electron chi connectivity index (χ1n) is 6.12. The highest BCUT2D eigenvalue weighted by Gasteiger charge is 2.14. The lowest BCUT2D eigenvalue weighted by molar-refractivity contribution is 0.592. The van der Waals surface area contributed by atoms with Gasteiger partial charge in [0.25, 0.3) is 0 Å². The van der Waals surface area contributed by atoms with E-state index in [0.717, 1.165) is 35.1 Å². The van der Waals surface area contributed by atoms with E-state index >= 15 is 0 Å².